The molecule has 1 aromatic heterocycles. The minimum atomic E-state index is -0.388. The predicted molar refractivity (Wildman–Crippen MR) is 97.2 cm³/mol. The molecule has 0 aliphatic carbocycles. The van der Waals surface area contributed by atoms with Crippen LogP contribution in [0.4, 0.5) is 0 Å². The standard InChI is InChI=1S/C17H19Cl2N3O2/c1-21(2)10-8-20-16(23)12-5-4-9-22(17(12)24)11-13-14(18)6-3-7-15(13)19/h3-7,9H,8,10-11H2,1-2H3,(H,20,23). The lowest BCUT2D eigenvalue weighted by Crippen LogP contribution is -2.36. The van der Waals surface area contributed by atoms with Crippen molar-refractivity contribution in [2.24, 2.45) is 0 Å². The molecule has 2 aromatic rings. The summed E-state index contributed by atoms with van der Waals surface area (Å²) in [4.78, 5) is 26.7. The SMILES string of the molecule is CN(C)CCNC(=O)c1cccn(Cc2c(Cl)cccc2Cl)c1=O. The van der Waals surface area contributed by atoms with Crippen LogP contribution in [-0.4, -0.2) is 42.6 Å². The lowest BCUT2D eigenvalue weighted by Gasteiger charge is -2.12. The van der Waals surface area contributed by atoms with Crippen LogP contribution in [0.25, 0.3) is 0 Å². The Kier molecular flexibility index (Phi) is 6.43. The van der Waals surface area contributed by atoms with Crippen molar-refractivity contribution in [2.75, 3.05) is 27.2 Å². The Labute approximate surface area is 150 Å². The van der Waals surface area contributed by atoms with E-state index in [1.54, 1.807) is 30.5 Å². The molecule has 1 heterocycles. The molecule has 0 spiro atoms. The summed E-state index contributed by atoms with van der Waals surface area (Å²) in [5.74, 6) is -0.388. The normalized spacial score (nSPS) is 10.9. The summed E-state index contributed by atoms with van der Waals surface area (Å²) in [6.45, 7) is 1.37. The zero-order valence-corrected chi connectivity index (χ0v) is 15.1. The van der Waals surface area contributed by atoms with E-state index in [0.29, 0.717) is 28.7 Å². The Morgan fingerprint density at radius 1 is 1.17 bits per heavy atom. The number of carbonyl (C=O) groups is 1. The number of aromatic nitrogens is 1. The van der Waals surface area contributed by atoms with Crippen molar-refractivity contribution in [3.05, 3.63) is 68.1 Å². The van der Waals surface area contributed by atoms with E-state index in [1.807, 2.05) is 19.0 Å². The minimum absolute atomic E-state index is 0.0967. The van der Waals surface area contributed by atoms with Gasteiger partial charge in [0.25, 0.3) is 11.5 Å². The van der Waals surface area contributed by atoms with E-state index in [1.165, 1.54) is 10.6 Å². The molecule has 1 amide bonds. The van der Waals surface area contributed by atoms with Crippen molar-refractivity contribution in [3.8, 4) is 0 Å². The van der Waals surface area contributed by atoms with Crippen molar-refractivity contribution in [3.63, 3.8) is 0 Å². The zero-order chi connectivity index (χ0) is 17.7. The maximum atomic E-state index is 12.5. The van der Waals surface area contributed by atoms with Crippen molar-refractivity contribution in [1.82, 2.24) is 14.8 Å². The van der Waals surface area contributed by atoms with Gasteiger partial charge >= 0.3 is 0 Å². The molecule has 0 atom stereocenters. The Morgan fingerprint density at radius 2 is 1.83 bits per heavy atom. The highest BCUT2D eigenvalue weighted by atomic mass is 35.5. The molecule has 0 aliphatic heterocycles. The first-order chi connectivity index (χ1) is 11.4. The van der Waals surface area contributed by atoms with E-state index < -0.39 is 0 Å². The number of halogens is 2. The Hall–Kier alpha value is -1.82. The number of hydrogen-bond donors (Lipinski definition) is 1. The van der Waals surface area contributed by atoms with Crippen LogP contribution in [0.1, 0.15) is 15.9 Å². The van der Waals surface area contributed by atoms with Crippen molar-refractivity contribution in [2.45, 2.75) is 6.54 Å². The molecular weight excluding hydrogens is 349 g/mol. The first-order valence-corrected chi connectivity index (χ1v) is 8.21. The molecule has 0 saturated carbocycles. The molecule has 1 N–H and O–H groups in total. The van der Waals surface area contributed by atoms with Crippen LogP contribution in [0.5, 0.6) is 0 Å². The van der Waals surface area contributed by atoms with Crippen molar-refractivity contribution in [1.29, 1.82) is 0 Å². The zero-order valence-electron chi connectivity index (χ0n) is 13.6. The number of benzene rings is 1. The number of nitrogens with zero attached hydrogens (tertiary/aromatic N) is 2. The van der Waals surface area contributed by atoms with Gasteiger partial charge in [0, 0.05) is 34.9 Å². The van der Waals surface area contributed by atoms with Gasteiger partial charge in [-0.05, 0) is 38.4 Å². The van der Waals surface area contributed by atoms with E-state index in [-0.39, 0.29) is 23.6 Å². The third-order valence-corrected chi connectivity index (χ3v) is 4.21. The number of amides is 1. The van der Waals surface area contributed by atoms with Gasteiger partial charge in [-0.3, -0.25) is 9.59 Å². The quantitative estimate of drug-likeness (QED) is 0.853. The summed E-state index contributed by atoms with van der Waals surface area (Å²) in [7, 11) is 3.82. The number of pyridine rings is 1. The van der Waals surface area contributed by atoms with Crippen LogP contribution in [-0.2, 0) is 6.54 Å². The molecule has 0 fully saturated rings. The molecule has 128 valence electrons. The average Bonchev–Trinajstić information content (AvgIpc) is 2.52. The highest BCUT2D eigenvalue weighted by Gasteiger charge is 2.13. The molecule has 5 nitrogen and oxygen atoms in total. The number of hydrogen-bond acceptors (Lipinski definition) is 3. The Morgan fingerprint density at radius 3 is 2.46 bits per heavy atom. The van der Waals surface area contributed by atoms with Crippen molar-refractivity contribution < 1.29 is 4.79 Å². The monoisotopic (exact) mass is 367 g/mol. The number of carbonyl (C=O) groups excluding carboxylic acids is 1. The number of rotatable bonds is 6. The predicted octanol–water partition coefficient (Wildman–Crippen LogP) is 2.49. The Bertz CT molecular complexity index is 767. The van der Waals surface area contributed by atoms with Crippen LogP contribution >= 0.6 is 23.2 Å². The molecule has 2 rings (SSSR count). The van der Waals surface area contributed by atoms with E-state index in [4.69, 9.17) is 23.2 Å². The van der Waals surface area contributed by atoms with Gasteiger partial charge in [-0.25, -0.2) is 0 Å². The average molecular weight is 368 g/mol. The van der Waals surface area contributed by atoms with E-state index in [9.17, 15) is 9.59 Å². The van der Waals surface area contributed by atoms with Crippen LogP contribution in [0, 0.1) is 0 Å². The second-order valence-corrected chi connectivity index (χ2v) is 6.43. The van der Waals surface area contributed by atoms with Gasteiger partial charge in [0.2, 0.25) is 0 Å². The Balaban J connectivity index is 2.22. The molecule has 7 heteroatoms. The highest BCUT2D eigenvalue weighted by Crippen LogP contribution is 2.24. The maximum Gasteiger partial charge on any atom is 0.263 e. The van der Waals surface area contributed by atoms with Crippen LogP contribution in [0.15, 0.2) is 41.3 Å². The molecule has 0 bridgehead atoms. The van der Waals surface area contributed by atoms with Crippen LogP contribution in [0.2, 0.25) is 10.0 Å². The fourth-order valence-electron chi connectivity index (χ4n) is 2.18. The highest BCUT2D eigenvalue weighted by molar-refractivity contribution is 6.35. The van der Waals surface area contributed by atoms with Gasteiger partial charge < -0.3 is 14.8 Å². The molecule has 24 heavy (non-hydrogen) atoms. The molecule has 0 saturated heterocycles. The lowest BCUT2D eigenvalue weighted by atomic mass is 10.2. The first kappa shape index (κ1) is 18.5. The summed E-state index contributed by atoms with van der Waals surface area (Å²) < 4.78 is 1.42. The minimum Gasteiger partial charge on any atom is -0.351 e. The lowest BCUT2D eigenvalue weighted by molar-refractivity contribution is 0.0949. The second kappa shape index (κ2) is 8.33. The summed E-state index contributed by atoms with van der Waals surface area (Å²) in [6, 6.07) is 8.34. The summed E-state index contributed by atoms with van der Waals surface area (Å²) in [6.07, 6.45) is 1.61. The third kappa shape index (κ3) is 4.60. The summed E-state index contributed by atoms with van der Waals surface area (Å²) in [5.41, 5.74) is 0.364. The van der Waals surface area contributed by atoms with Gasteiger partial charge in [0.05, 0.1) is 6.54 Å². The fraction of sp³-hybridized carbons (Fsp3) is 0.294. The van der Waals surface area contributed by atoms with Crippen molar-refractivity contribution >= 4 is 29.1 Å². The molecular formula is C17H19Cl2N3O2. The van der Waals surface area contributed by atoms with Crippen LogP contribution < -0.4 is 10.9 Å². The third-order valence-electron chi connectivity index (χ3n) is 3.50. The van der Waals surface area contributed by atoms with Crippen LogP contribution in [0.3, 0.4) is 0 Å². The first-order valence-electron chi connectivity index (χ1n) is 7.45. The summed E-state index contributed by atoms with van der Waals surface area (Å²) in [5, 5.41) is 3.70. The number of nitrogens with one attached hydrogen (secondary N) is 1. The topological polar surface area (TPSA) is 54.3 Å². The smallest absolute Gasteiger partial charge is 0.263 e. The van der Waals surface area contributed by atoms with E-state index >= 15 is 0 Å². The van der Waals surface area contributed by atoms with Gasteiger partial charge in [0.1, 0.15) is 5.56 Å². The van der Waals surface area contributed by atoms with Gasteiger partial charge in [-0.1, -0.05) is 29.3 Å². The second-order valence-electron chi connectivity index (χ2n) is 5.61. The van der Waals surface area contributed by atoms with Gasteiger partial charge in [-0.15, -0.1) is 0 Å². The largest absolute Gasteiger partial charge is 0.351 e. The molecule has 0 radical (unpaired) electrons. The fourth-order valence-corrected chi connectivity index (χ4v) is 2.69. The molecule has 0 aliphatic rings. The van der Waals surface area contributed by atoms with E-state index in [0.717, 1.165) is 0 Å². The van der Waals surface area contributed by atoms with Gasteiger partial charge in [0.15, 0.2) is 0 Å². The van der Waals surface area contributed by atoms with E-state index in [2.05, 4.69) is 5.32 Å². The maximum absolute atomic E-state index is 12.5. The molecule has 1 aromatic carbocycles. The number of likely N-dealkylation sites (N-methyl/N-ethyl adjacent to an activating group) is 1. The molecule has 0 unspecified atom stereocenters. The summed E-state index contributed by atoms with van der Waals surface area (Å²) >= 11 is 12.3. The van der Waals surface area contributed by atoms with Gasteiger partial charge in [-0.2, -0.15) is 0 Å².